The first kappa shape index (κ1) is 11.5. The van der Waals surface area contributed by atoms with E-state index in [1.807, 2.05) is 19.1 Å². The van der Waals surface area contributed by atoms with E-state index in [1.165, 1.54) is 11.1 Å². The van der Waals surface area contributed by atoms with Crippen LogP contribution in [-0.4, -0.2) is 15.3 Å². The van der Waals surface area contributed by atoms with E-state index in [0.717, 1.165) is 18.1 Å². The Balaban J connectivity index is 1.89. The van der Waals surface area contributed by atoms with Gasteiger partial charge in [0.2, 0.25) is 0 Å². The molecule has 3 nitrogen and oxygen atoms in total. The first-order valence-corrected chi connectivity index (χ1v) is 6.46. The number of fused-ring (bicyclic) bond motifs is 1. The van der Waals surface area contributed by atoms with E-state index in [9.17, 15) is 0 Å². The lowest BCUT2D eigenvalue weighted by atomic mass is 10.1. The molecule has 0 saturated carbocycles. The lowest BCUT2D eigenvalue weighted by Crippen LogP contribution is -2.17. The molecule has 0 spiro atoms. The van der Waals surface area contributed by atoms with Crippen molar-refractivity contribution in [3.05, 3.63) is 53.5 Å². The number of hydrogen-bond acceptors (Lipinski definition) is 3. The van der Waals surface area contributed by atoms with Gasteiger partial charge in [0, 0.05) is 6.20 Å². The predicted molar refractivity (Wildman–Crippen MR) is 72.9 cm³/mol. The Labute approximate surface area is 111 Å². The Morgan fingerprint density at radius 1 is 1.28 bits per heavy atom. The highest BCUT2D eigenvalue weighted by Crippen LogP contribution is 2.36. The molecule has 0 bridgehead atoms. The molecule has 1 aliphatic rings. The van der Waals surface area contributed by atoms with Crippen LogP contribution in [0.25, 0.3) is 0 Å². The first-order chi connectivity index (χ1) is 8.74. The highest BCUT2D eigenvalue weighted by molar-refractivity contribution is 6.21. The molecule has 92 valence electrons. The zero-order valence-electron chi connectivity index (χ0n) is 10.1. The molecule has 0 aliphatic heterocycles. The molecule has 2 atom stereocenters. The van der Waals surface area contributed by atoms with Gasteiger partial charge in [-0.15, -0.1) is 11.6 Å². The molecule has 0 radical (unpaired) electrons. The Morgan fingerprint density at radius 3 is 2.94 bits per heavy atom. The molecule has 0 amide bonds. The summed E-state index contributed by atoms with van der Waals surface area (Å²) in [5.41, 5.74) is 2.59. The zero-order chi connectivity index (χ0) is 12.5. The summed E-state index contributed by atoms with van der Waals surface area (Å²) in [7, 11) is 0. The van der Waals surface area contributed by atoms with Crippen LogP contribution in [0.3, 0.4) is 0 Å². The topological polar surface area (TPSA) is 37.8 Å². The summed E-state index contributed by atoms with van der Waals surface area (Å²) in [4.78, 5) is 8.46. The Kier molecular flexibility index (Phi) is 2.92. The molecule has 2 aromatic rings. The van der Waals surface area contributed by atoms with Crippen LogP contribution in [-0.2, 0) is 6.42 Å². The molecule has 1 aliphatic carbocycles. The SMILES string of the molecule is Cc1nccc(NC2c3ccccc3CC2Cl)n1. The maximum Gasteiger partial charge on any atom is 0.130 e. The third-order valence-electron chi connectivity index (χ3n) is 3.25. The largest absolute Gasteiger partial charge is 0.362 e. The second-order valence-corrected chi connectivity index (χ2v) is 5.09. The number of aromatic nitrogens is 2. The second kappa shape index (κ2) is 4.58. The lowest BCUT2D eigenvalue weighted by molar-refractivity contribution is 0.764. The van der Waals surface area contributed by atoms with Crippen molar-refractivity contribution in [2.24, 2.45) is 0 Å². The van der Waals surface area contributed by atoms with Gasteiger partial charge < -0.3 is 5.32 Å². The lowest BCUT2D eigenvalue weighted by Gasteiger charge is -2.18. The summed E-state index contributed by atoms with van der Waals surface area (Å²) in [5, 5.41) is 3.47. The summed E-state index contributed by atoms with van der Waals surface area (Å²) in [6.45, 7) is 1.88. The fraction of sp³-hybridized carbons (Fsp3) is 0.286. The minimum absolute atomic E-state index is 0.0673. The molecule has 0 saturated heterocycles. The molecule has 2 unspecified atom stereocenters. The van der Waals surface area contributed by atoms with Gasteiger partial charge in [-0.2, -0.15) is 0 Å². The van der Waals surface area contributed by atoms with Gasteiger partial charge in [-0.25, -0.2) is 9.97 Å². The van der Waals surface area contributed by atoms with Crippen LogP contribution in [0.4, 0.5) is 5.82 Å². The van der Waals surface area contributed by atoms with E-state index in [2.05, 4.69) is 33.5 Å². The standard InChI is InChI=1S/C14H14ClN3/c1-9-16-7-6-13(17-9)18-14-11-5-3-2-4-10(11)8-12(14)15/h2-7,12,14H,8H2,1H3,(H,16,17,18). The van der Waals surface area contributed by atoms with Crippen molar-refractivity contribution in [2.45, 2.75) is 24.8 Å². The minimum atomic E-state index is 0.0673. The van der Waals surface area contributed by atoms with Gasteiger partial charge in [0.1, 0.15) is 11.6 Å². The normalized spacial score (nSPS) is 21.7. The number of anilines is 1. The van der Waals surface area contributed by atoms with Gasteiger partial charge in [0.05, 0.1) is 11.4 Å². The van der Waals surface area contributed by atoms with Crippen LogP contribution in [0.15, 0.2) is 36.5 Å². The van der Waals surface area contributed by atoms with Crippen molar-refractivity contribution < 1.29 is 0 Å². The molecule has 18 heavy (non-hydrogen) atoms. The smallest absolute Gasteiger partial charge is 0.130 e. The third-order valence-corrected chi connectivity index (χ3v) is 3.65. The highest BCUT2D eigenvalue weighted by Gasteiger charge is 2.30. The number of benzene rings is 1. The number of alkyl halides is 1. The summed E-state index contributed by atoms with van der Waals surface area (Å²) in [5.74, 6) is 1.59. The van der Waals surface area contributed by atoms with Gasteiger partial charge in [-0.1, -0.05) is 24.3 Å². The molecule has 0 fully saturated rings. The number of aryl methyl sites for hydroxylation is 1. The van der Waals surface area contributed by atoms with E-state index in [-0.39, 0.29) is 11.4 Å². The van der Waals surface area contributed by atoms with E-state index in [1.54, 1.807) is 6.20 Å². The number of nitrogens with zero attached hydrogens (tertiary/aromatic N) is 2. The fourth-order valence-electron chi connectivity index (χ4n) is 2.41. The molecule has 1 N–H and O–H groups in total. The number of hydrogen-bond donors (Lipinski definition) is 1. The second-order valence-electron chi connectivity index (χ2n) is 4.53. The minimum Gasteiger partial charge on any atom is -0.362 e. The van der Waals surface area contributed by atoms with Crippen molar-refractivity contribution in [3.8, 4) is 0 Å². The van der Waals surface area contributed by atoms with Crippen molar-refractivity contribution in [3.63, 3.8) is 0 Å². The van der Waals surface area contributed by atoms with Crippen molar-refractivity contribution in [1.82, 2.24) is 9.97 Å². The Morgan fingerprint density at radius 2 is 2.11 bits per heavy atom. The maximum absolute atomic E-state index is 6.43. The highest BCUT2D eigenvalue weighted by atomic mass is 35.5. The molecule has 1 heterocycles. The van der Waals surface area contributed by atoms with Crippen LogP contribution in [0, 0.1) is 6.92 Å². The first-order valence-electron chi connectivity index (χ1n) is 6.02. The van der Waals surface area contributed by atoms with Gasteiger partial charge in [-0.3, -0.25) is 0 Å². The van der Waals surface area contributed by atoms with Gasteiger partial charge in [0.25, 0.3) is 0 Å². The van der Waals surface area contributed by atoms with Crippen molar-refractivity contribution in [1.29, 1.82) is 0 Å². The summed E-state index contributed by atoms with van der Waals surface area (Å²) in [6.07, 6.45) is 2.66. The number of nitrogens with one attached hydrogen (secondary N) is 1. The monoisotopic (exact) mass is 259 g/mol. The van der Waals surface area contributed by atoms with Crippen LogP contribution >= 0.6 is 11.6 Å². The predicted octanol–water partition coefficient (Wildman–Crippen LogP) is 3.10. The van der Waals surface area contributed by atoms with Crippen LogP contribution in [0.1, 0.15) is 23.0 Å². The number of halogens is 1. The van der Waals surface area contributed by atoms with Gasteiger partial charge >= 0.3 is 0 Å². The van der Waals surface area contributed by atoms with E-state index in [4.69, 9.17) is 11.6 Å². The van der Waals surface area contributed by atoms with Gasteiger partial charge in [-0.05, 0) is 30.5 Å². The Hall–Kier alpha value is -1.61. The summed E-state index contributed by atoms with van der Waals surface area (Å²) >= 11 is 6.43. The van der Waals surface area contributed by atoms with Gasteiger partial charge in [0.15, 0.2) is 0 Å². The maximum atomic E-state index is 6.43. The van der Waals surface area contributed by atoms with E-state index < -0.39 is 0 Å². The van der Waals surface area contributed by atoms with Crippen LogP contribution in [0.2, 0.25) is 0 Å². The van der Waals surface area contributed by atoms with E-state index >= 15 is 0 Å². The Bertz CT molecular complexity index is 570. The van der Waals surface area contributed by atoms with Crippen molar-refractivity contribution in [2.75, 3.05) is 5.32 Å². The molecule has 1 aromatic carbocycles. The van der Waals surface area contributed by atoms with Crippen molar-refractivity contribution >= 4 is 17.4 Å². The van der Waals surface area contributed by atoms with Crippen LogP contribution < -0.4 is 5.32 Å². The average Bonchev–Trinajstić information content (AvgIpc) is 2.66. The van der Waals surface area contributed by atoms with E-state index in [0.29, 0.717) is 0 Å². The average molecular weight is 260 g/mol. The molecule has 3 rings (SSSR count). The number of rotatable bonds is 2. The quantitative estimate of drug-likeness (QED) is 0.843. The molecule has 1 aromatic heterocycles. The van der Waals surface area contributed by atoms with Crippen LogP contribution in [0.5, 0.6) is 0 Å². The molecular formula is C14H14ClN3. The third kappa shape index (κ3) is 2.06. The molecule has 4 heteroatoms. The fourth-order valence-corrected chi connectivity index (χ4v) is 2.78. The zero-order valence-corrected chi connectivity index (χ0v) is 10.9. The summed E-state index contributed by atoms with van der Waals surface area (Å²) < 4.78 is 0. The summed E-state index contributed by atoms with van der Waals surface area (Å²) in [6, 6.07) is 10.4. The molecular weight excluding hydrogens is 246 g/mol.